The third-order valence-corrected chi connectivity index (χ3v) is 3.68. The van der Waals surface area contributed by atoms with E-state index in [-0.39, 0.29) is 18.4 Å². The van der Waals surface area contributed by atoms with Crippen LogP contribution in [0.2, 0.25) is 0 Å². The van der Waals surface area contributed by atoms with Crippen molar-refractivity contribution in [1.82, 2.24) is 15.2 Å². The summed E-state index contributed by atoms with van der Waals surface area (Å²) in [7, 11) is 1.78. The molecule has 1 aliphatic heterocycles. The second-order valence-electron chi connectivity index (χ2n) is 5.30. The van der Waals surface area contributed by atoms with Crippen LogP contribution >= 0.6 is 0 Å². The summed E-state index contributed by atoms with van der Waals surface area (Å²) in [5.74, 6) is 0.897. The van der Waals surface area contributed by atoms with Gasteiger partial charge in [0.05, 0.1) is 13.0 Å². The standard InChI is InChI=1S/C15H17N3O3/c1-10-13(17-21-16-10)8-15(19)18(2)9-12-7-11-5-3-4-6-14(11)20-12/h3-6,12H,7-9H2,1-2H3/t12-/m1/s1. The van der Waals surface area contributed by atoms with Gasteiger partial charge < -0.3 is 9.64 Å². The van der Waals surface area contributed by atoms with Crippen molar-refractivity contribution in [3.05, 3.63) is 41.2 Å². The Kier molecular flexibility index (Phi) is 3.60. The quantitative estimate of drug-likeness (QED) is 0.850. The van der Waals surface area contributed by atoms with E-state index >= 15 is 0 Å². The van der Waals surface area contributed by atoms with Gasteiger partial charge in [-0.3, -0.25) is 4.79 Å². The van der Waals surface area contributed by atoms with Gasteiger partial charge >= 0.3 is 0 Å². The van der Waals surface area contributed by atoms with Crippen LogP contribution in [0.25, 0.3) is 0 Å². The number of amides is 1. The maximum Gasteiger partial charge on any atom is 0.228 e. The summed E-state index contributed by atoms with van der Waals surface area (Å²) in [4.78, 5) is 13.9. The van der Waals surface area contributed by atoms with Gasteiger partial charge in [0.2, 0.25) is 5.91 Å². The van der Waals surface area contributed by atoms with Gasteiger partial charge in [-0.05, 0) is 18.6 Å². The Balaban J connectivity index is 1.56. The molecule has 0 saturated heterocycles. The van der Waals surface area contributed by atoms with Gasteiger partial charge in [0.1, 0.15) is 23.2 Å². The highest BCUT2D eigenvalue weighted by atomic mass is 16.6. The number of carbonyl (C=O) groups excluding carboxylic acids is 1. The lowest BCUT2D eigenvalue weighted by atomic mass is 10.1. The van der Waals surface area contributed by atoms with Crippen LogP contribution in [-0.4, -0.2) is 40.8 Å². The van der Waals surface area contributed by atoms with E-state index in [9.17, 15) is 4.79 Å². The first kappa shape index (κ1) is 13.6. The minimum Gasteiger partial charge on any atom is -0.488 e. The highest BCUT2D eigenvalue weighted by Crippen LogP contribution is 2.28. The average Bonchev–Trinajstić information content (AvgIpc) is 3.04. The normalized spacial score (nSPS) is 16.4. The zero-order valence-electron chi connectivity index (χ0n) is 12.1. The molecular weight excluding hydrogens is 270 g/mol. The second kappa shape index (κ2) is 5.55. The monoisotopic (exact) mass is 287 g/mol. The van der Waals surface area contributed by atoms with Crippen LogP contribution in [0.5, 0.6) is 5.75 Å². The number of hydrogen-bond donors (Lipinski definition) is 0. The van der Waals surface area contributed by atoms with E-state index in [2.05, 4.69) is 21.0 Å². The van der Waals surface area contributed by atoms with Crippen LogP contribution in [0, 0.1) is 6.92 Å². The van der Waals surface area contributed by atoms with Gasteiger partial charge in [-0.2, -0.15) is 0 Å². The van der Waals surface area contributed by atoms with E-state index in [0.717, 1.165) is 12.2 Å². The number of ether oxygens (including phenoxy) is 1. The molecule has 6 nitrogen and oxygen atoms in total. The molecule has 110 valence electrons. The first-order chi connectivity index (χ1) is 10.1. The lowest BCUT2D eigenvalue weighted by Crippen LogP contribution is -2.37. The lowest BCUT2D eigenvalue weighted by molar-refractivity contribution is -0.130. The van der Waals surface area contributed by atoms with Gasteiger partial charge in [-0.1, -0.05) is 28.5 Å². The van der Waals surface area contributed by atoms with Gasteiger partial charge in [0.15, 0.2) is 0 Å². The number of aryl methyl sites for hydroxylation is 1. The number of rotatable bonds is 4. The molecule has 2 aromatic rings. The maximum atomic E-state index is 12.2. The minimum atomic E-state index is -0.0200. The van der Waals surface area contributed by atoms with Crippen LogP contribution in [0.1, 0.15) is 17.0 Å². The van der Waals surface area contributed by atoms with Crippen molar-refractivity contribution >= 4 is 5.91 Å². The first-order valence-electron chi connectivity index (χ1n) is 6.90. The Morgan fingerprint density at radius 3 is 2.90 bits per heavy atom. The molecule has 0 unspecified atom stereocenters. The Labute approximate surface area is 122 Å². The molecule has 0 spiro atoms. The maximum absolute atomic E-state index is 12.2. The van der Waals surface area contributed by atoms with Crippen molar-refractivity contribution in [1.29, 1.82) is 0 Å². The summed E-state index contributed by atoms with van der Waals surface area (Å²) in [6.07, 6.45) is 1.04. The van der Waals surface area contributed by atoms with E-state index in [1.54, 1.807) is 18.9 Å². The summed E-state index contributed by atoms with van der Waals surface area (Å²) >= 11 is 0. The third kappa shape index (κ3) is 2.89. The SMILES string of the molecule is Cc1nonc1CC(=O)N(C)C[C@H]1Cc2ccccc2O1. The number of benzene rings is 1. The van der Waals surface area contributed by atoms with Gasteiger partial charge in [-0.15, -0.1) is 0 Å². The molecule has 0 aliphatic carbocycles. The average molecular weight is 287 g/mol. The highest BCUT2D eigenvalue weighted by molar-refractivity contribution is 5.78. The molecule has 1 atom stereocenters. The molecule has 21 heavy (non-hydrogen) atoms. The van der Waals surface area contributed by atoms with E-state index < -0.39 is 0 Å². The molecular formula is C15H17N3O3. The molecule has 3 rings (SSSR count). The topological polar surface area (TPSA) is 68.5 Å². The fourth-order valence-corrected chi connectivity index (χ4v) is 2.45. The largest absolute Gasteiger partial charge is 0.488 e. The molecule has 2 heterocycles. The predicted molar refractivity (Wildman–Crippen MR) is 74.9 cm³/mol. The molecule has 1 aromatic carbocycles. The number of likely N-dealkylation sites (N-methyl/N-ethyl adjacent to an activating group) is 1. The van der Waals surface area contributed by atoms with E-state index in [1.165, 1.54) is 5.56 Å². The number of aromatic nitrogens is 2. The molecule has 0 radical (unpaired) electrons. The van der Waals surface area contributed by atoms with Crippen LogP contribution < -0.4 is 4.74 Å². The molecule has 0 N–H and O–H groups in total. The Morgan fingerprint density at radius 1 is 1.38 bits per heavy atom. The summed E-state index contributed by atoms with van der Waals surface area (Å²) in [6.45, 7) is 2.33. The van der Waals surface area contributed by atoms with Crippen LogP contribution in [0.15, 0.2) is 28.9 Å². The first-order valence-corrected chi connectivity index (χ1v) is 6.90. The number of carbonyl (C=O) groups is 1. The minimum absolute atomic E-state index is 0.00730. The van der Waals surface area contributed by atoms with E-state index in [0.29, 0.717) is 17.9 Å². The Morgan fingerprint density at radius 2 is 2.19 bits per heavy atom. The van der Waals surface area contributed by atoms with Crippen molar-refractivity contribution in [3.63, 3.8) is 0 Å². The predicted octanol–water partition coefficient (Wildman–Crippen LogP) is 1.38. The second-order valence-corrected chi connectivity index (χ2v) is 5.30. The van der Waals surface area contributed by atoms with Crippen molar-refractivity contribution in [2.45, 2.75) is 25.9 Å². The molecule has 0 fully saturated rings. The Hall–Kier alpha value is -2.37. The summed E-state index contributed by atoms with van der Waals surface area (Å²) < 4.78 is 10.5. The third-order valence-electron chi connectivity index (χ3n) is 3.68. The fraction of sp³-hybridized carbons (Fsp3) is 0.400. The van der Waals surface area contributed by atoms with Crippen molar-refractivity contribution in [2.75, 3.05) is 13.6 Å². The number of fused-ring (bicyclic) bond motifs is 1. The lowest BCUT2D eigenvalue weighted by Gasteiger charge is -2.20. The molecule has 6 heteroatoms. The zero-order valence-corrected chi connectivity index (χ0v) is 12.1. The summed E-state index contributed by atoms with van der Waals surface area (Å²) in [6, 6.07) is 7.97. The number of nitrogens with zero attached hydrogens (tertiary/aromatic N) is 3. The number of para-hydroxylation sites is 1. The van der Waals surface area contributed by atoms with Crippen molar-refractivity contribution in [2.24, 2.45) is 0 Å². The van der Waals surface area contributed by atoms with E-state index in [4.69, 9.17) is 4.74 Å². The smallest absolute Gasteiger partial charge is 0.228 e. The molecule has 1 aliphatic rings. The van der Waals surface area contributed by atoms with Gasteiger partial charge in [-0.25, -0.2) is 4.63 Å². The van der Waals surface area contributed by atoms with Crippen molar-refractivity contribution in [3.8, 4) is 5.75 Å². The fourth-order valence-electron chi connectivity index (χ4n) is 2.45. The molecule has 0 saturated carbocycles. The van der Waals surface area contributed by atoms with Gasteiger partial charge in [0.25, 0.3) is 0 Å². The van der Waals surface area contributed by atoms with Gasteiger partial charge in [0, 0.05) is 13.5 Å². The molecule has 1 aromatic heterocycles. The highest BCUT2D eigenvalue weighted by Gasteiger charge is 2.25. The van der Waals surface area contributed by atoms with Crippen LogP contribution in [0.4, 0.5) is 0 Å². The zero-order chi connectivity index (χ0) is 14.8. The molecule has 0 bridgehead atoms. The molecule has 1 amide bonds. The Bertz CT molecular complexity index is 628. The summed E-state index contributed by atoms with van der Waals surface area (Å²) in [5.41, 5.74) is 2.43. The number of hydrogen-bond acceptors (Lipinski definition) is 5. The van der Waals surface area contributed by atoms with Crippen LogP contribution in [-0.2, 0) is 17.6 Å². The van der Waals surface area contributed by atoms with Crippen molar-refractivity contribution < 1.29 is 14.2 Å². The summed E-state index contributed by atoms with van der Waals surface area (Å²) in [5, 5.41) is 7.42. The van der Waals surface area contributed by atoms with E-state index in [1.807, 2.05) is 18.2 Å². The van der Waals surface area contributed by atoms with Crippen LogP contribution in [0.3, 0.4) is 0 Å².